The lowest BCUT2D eigenvalue weighted by atomic mass is 10.3. The molecule has 5 heteroatoms. The van der Waals surface area contributed by atoms with E-state index in [1.807, 2.05) is 7.05 Å². The fourth-order valence-electron chi connectivity index (χ4n) is 1.20. The molecular weight excluding hydrogens is 272 g/mol. The van der Waals surface area contributed by atoms with Crippen molar-refractivity contribution in [2.75, 3.05) is 0 Å². The Hall–Kier alpha value is -1.62. The van der Waals surface area contributed by atoms with E-state index in [9.17, 15) is 4.79 Å². The van der Waals surface area contributed by atoms with E-state index in [2.05, 4.69) is 20.9 Å². The van der Waals surface area contributed by atoms with Gasteiger partial charge in [0.05, 0.1) is 5.56 Å². The molecule has 82 valence electrons. The number of esters is 1. The topological polar surface area (TPSA) is 44.1 Å². The number of hydrogen-bond acceptors (Lipinski definition) is 3. The number of nitrogens with zero attached hydrogens (tertiary/aromatic N) is 2. The van der Waals surface area contributed by atoms with E-state index in [0.29, 0.717) is 5.56 Å². The van der Waals surface area contributed by atoms with Crippen LogP contribution in [0.5, 0.6) is 5.88 Å². The average Bonchev–Trinajstić information content (AvgIpc) is 2.68. The van der Waals surface area contributed by atoms with E-state index in [4.69, 9.17) is 4.74 Å². The molecule has 0 saturated heterocycles. The molecule has 0 amide bonds. The molecule has 0 radical (unpaired) electrons. The van der Waals surface area contributed by atoms with Crippen LogP contribution in [0.1, 0.15) is 10.4 Å². The number of pyridine rings is 1. The van der Waals surface area contributed by atoms with Crippen LogP contribution in [-0.4, -0.2) is 15.5 Å². The van der Waals surface area contributed by atoms with Crippen LogP contribution in [0.15, 0.2) is 41.3 Å². The number of halogens is 1. The van der Waals surface area contributed by atoms with Gasteiger partial charge in [0.1, 0.15) is 0 Å². The molecule has 0 spiro atoms. The zero-order valence-electron chi connectivity index (χ0n) is 8.55. The minimum absolute atomic E-state index is 0.289. The normalized spacial score (nSPS) is 10.1. The van der Waals surface area contributed by atoms with Gasteiger partial charge in [-0.3, -0.25) is 0 Å². The van der Waals surface area contributed by atoms with Crippen LogP contribution in [-0.2, 0) is 7.05 Å². The van der Waals surface area contributed by atoms with Crippen molar-refractivity contribution in [3.63, 3.8) is 0 Å². The van der Waals surface area contributed by atoms with Crippen LogP contribution >= 0.6 is 15.9 Å². The first-order valence-corrected chi connectivity index (χ1v) is 5.40. The van der Waals surface area contributed by atoms with Crippen LogP contribution in [0.4, 0.5) is 0 Å². The summed E-state index contributed by atoms with van der Waals surface area (Å²) in [5.74, 6) is -0.118. The summed E-state index contributed by atoms with van der Waals surface area (Å²) in [4.78, 5) is 15.6. The van der Waals surface area contributed by atoms with Crippen molar-refractivity contribution in [1.29, 1.82) is 0 Å². The van der Waals surface area contributed by atoms with Gasteiger partial charge in [-0.25, -0.2) is 9.78 Å². The summed E-state index contributed by atoms with van der Waals surface area (Å²) >= 11 is 3.25. The summed E-state index contributed by atoms with van der Waals surface area (Å²) < 4.78 is 7.71. The molecule has 0 unspecified atom stereocenters. The van der Waals surface area contributed by atoms with Gasteiger partial charge in [-0.1, -0.05) is 0 Å². The van der Waals surface area contributed by atoms with E-state index < -0.39 is 5.97 Å². The van der Waals surface area contributed by atoms with Crippen molar-refractivity contribution in [2.45, 2.75) is 0 Å². The Morgan fingerprint density at radius 2 is 2.25 bits per heavy atom. The van der Waals surface area contributed by atoms with Crippen LogP contribution < -0.4 is 4.74 Å². The second-order valence-electron chi connectivity index (χ2n) is 3.27. The van der Waals surface area contributed by atoms with Gasteiger partial charge in [0.25, 0.3) is 0 Å². The summed E-state index contributed by atoms with van der Waals surface area (Å²) in [5, 5.41) is 0. The molecule has 0 fully saturated rings. The maximum atomic E-state index is 11.6. The Labute approximate surface area is 101 Å². The van der Waals surface area contributed by atoms with Gasteiger partial charge in [-0.05, 0) is 28.1 Å². The van der Waals surface area contributed by atoms with Gasteiger partial charge in [-0.2, -0.15) is 0 Å². The number of ether oxygens (including phenoxy) is 1. The minimum atomic E-state index is -0.407. The standard InChI is InChI=1S/C11H9BrN2O2/c1-14-5-4-8(7-14)11(15)16-10-3-2-9(12)6-13-10/h2-7H,1H3. The fourth-order valence-corrected chi connectivity index (χ4v) is 1.44. The molecule has 2 heterocycles. The van der Waals surface area contributed by atoms with Crippen LogP contribution in [0.2, 0.25) is 0 Å². The quantitative estimate of drug-likeness (QED) is 0.794. The molecule has 0 saturated carbocycles. The van der Waals surface area contributed by atoms with Gasteiger partial charge in [0.2, 0.25) is 5.88 Å². The van der Waals surface area contributed by atoms with Crippen molar-refractivity contribution < 1.29 is 9.53 Å². The van der Waals surface area contributed by atoms with Crippen LogP contribution in [0.25, 0.3) is 0 Å². The highest BCUT2D eigenvalue weighted by Crippen LogP contribution is 2.13. The Balaban J connectivity index is 2.10. The van der Waals surface area contributed by atoms with Crippen molar-refractivity contribution in [2.24, 2.45) is 7.05 Å². The number of carbonyl (C=O) groups is 1. The molecule has 0 aliphatic carbocycles. The SMILES string of the molecule is Cn1ccc(C(=O)Oc2ccc(Br)cn2)c1. The average molecular weight is 281 g/mol. The van der Waals surface area contributed by atoms with E-state index >= 15 is 0 Å². The molecular formula is C11H9BrN2O2. The summed E-state index contributed by atoms with van der Waals surface area (Å²) in [7, 11) is 1.84. The molecule has 0 aliphatic heterocycles. The Morgan fingerprint density at radius 1 is 1.44 bits per heavy atom. The minimum Gasteiger partial charge on any atom is -0.404 e. The lowest BCUT2D eigenvalue weighted by Gasteiger charge is -2.01. The van der Waals surface area contributed by atoms with Crippen molar-refractivity contribution >= 4 is 21.9 Å². The third-order valence-electron chi connectivity index (χ3n) is 1.97. The summed E-state index contributed by atoms with van der Waals surface area (Å²) in [6.45, 7) is 0. The first-order chi connectivity index (χ1) is 7.65. The van der Waals surface area contributed by atoms with Crippen molar-refractivity contribution in [3.05, 3.63) is 46.8 Å². The van der Waals surface area contributed by atoms with Crippen LogP contribution in [0, 0.1) is 0 Å². The zero-order valence-corrected chi connectivity index (χ0v) is 10.1. The molecule has 0 bridgehead atoms. The Kier molecular flexibility index (Phi) is 3.05. The highest BCUT2D eigenvalue weighted by atomic mass is 79.9. The third-order valence-corrected chi connectivity index (χ3v) is 2.43. The van der Waals surface area contributed by atoms with Crippen molar-refractivity contribution in [1.82, 2.24) is 9.55 Å². The van der Waals surface area contributed by atoms with Crippen molar-refractivity contribution in [3.8, 4) is 5.88 Å². The lowest BCUT2D eigenvalue weighted by Crippen LogP contribution is -2.08. The molecule has 2 aromatic heterocycles. The highest BCUT2D eigenvalue weighted by Gasteiger charge is 2.09. The Morgan fingerprint density at radius 3 is 2.81 bits per heavy atom. The van der Waals surface area contributed by atoms with E-state index in [-0.39, 0.29) is 5.88 Å². The third kappa shape index (κ3) is 2.49. The van der Waals surface area contributed by atoms with Gasteiger partial charge in [0, 0.05) is 36.2 Å². The number of hydrogen-bond donors (Lipinski definition) is 0. The molecule has 2 rings (SSSR count). The smallest absolute Gasteiger partial charge is 0.346 e. The van der Waals surface area contributed by atoms with Crippen LogP contribution in [0.3, 0.4) is 0 Å². The summed E-state index contributed by atoms with van der Waals surface area (Å²) in [5.41, 5.74) is 0.507. The molecule has 0 atom stereocenters. The molecule has 2 aromatic rings. The number of aromatic nitrogens is 2. The second kappa shape index (κ2) is 4.49. The van der Waals surface area contributed by atoms with Gasteiger partial charge in [-0.15, -0.1) is 0 Å². The second-order valence-corrected chi connectivity index (χ2v) is 4.19. The lowest BCUT2D eigenvalue weighted by molar-refractivity contribution is 0.0727. The monoisotopic (exact) mass is 280 g/mol. The largest absolute Gasteiger partial charge is 0.404 e. The molecule has 0 aromatic carbocycles. The number of carbonyl (C=O) groups excluding carboxylic acids is 1. The number of rotatable bonds is 2. The number of aryl methyl sites for hydroxylation is 1. The predicted octanol–water partition coefficient (Wildman–Crippen LogP) is 2.40. The van der Waals surface area contributed by atoms with E-state index in [1.165, 1.54) is 0 Å². The van der Waals surface area contributed by atoms with E-state index in [1.54, 1.807) is 41.4 Å². The van der Waals surface area contributed by atoms with Gasteiger partial charge < -0.3 is 9.30 Å². The maximum absolute atomic E-state index is 11.6. The molecule has 16 heavy (non-hydrogen) atoms. The summed E-state index contributed by atoms with van der Waals surface area (Å²) in [6.07, 6.45) is 5.06. The molecule has 0 aliphatic rings. The fraction of sp³-hybridized carbons (Fsp3) is 0.0909. The predicted molar refractivity (Wildman–Crippen MR) is 62.3 cm³/mol. The molecule has 4 nitrogen and oxygen atoms in total. The zero-order chi connectivity index (χ0) is 11.5. The highest BCUT2D eigenvalue weighted by molar-refractivity contribution is 9.10. The molecule has 0 N–H and O–H groups in total. The van der Waals surface area contributed by atoms with E-state index in [0.717, 1.165) is 4.47 Å². The summed E-state index contributed by atoms with van der Waals surface area (Å²) in [6, 6.07) is 5.09. The van der Waals surface area contributed by atoms with Gasteiger partial charge in [0.15, 0.2) is 0 Å². The maximum Gasteiger partial charge on any atom is 0.346 e. The Bertz CT molecular complexity index is 505. The first kappa shape index (κ1) is 10.9. The first-order valence-electron chi connectivity index (χ1n) is 4.61. The van der Waals surface area contributed by atoms with Gasteiger partial charge >= 0.3 is 5.97 Å².